The Hall–Kier alpha value is -1.64. The SMILES string of the molecule is Cc1cccc(C(C)C)c1N1CCC(=O)C1=O. The Morgan fingerprint density at radius 2 is 1.94 bits per heavy atom. The number of carbonyl (C=O) groups excluding carboxylic acids is 2. The molecule has 0 saturated carbocycles. The van der Waals surface area contributed by atoms with Crippen LogP contribution < -0.4 is 4.90 Å². The molecule has 1 amide bonds. The lowest BCUT2D eigenvalue weighted by Gasteiger charge is -2.23. The van der Waals surface area contributed by atoms with Gasteiger partial charge in [0.25, 0.3) is 5.91 Å². The van der Waals surface area contributed by atoms with E-state index in [9.17, 15) is 9.59 Å². The van der Waals surface area contributed by atoms with Gasteiger partial charge < -0.3 is 4.90 Å². The van der Waals surface area contributed by atoms with E-state index in [1.54, 1.807) is 4.90 Å². The molecule has 1 aromatic carbocycles. The van der Waals surface area contributed by atoms with Crippen LogP contribution in [0.3, 0.4) is 0 Å². The fourth-order valence-corrected chi connectivity index (χ4v) is 2.30. The molecule has 1 saturated heterocycles. The number of hydrogen-bond acceptors (Lipinski definition) is 2. The fraction of sp³-hybridized carbons (Fsp3) is 0.429. The molecule has 1 fully saturated rings. The third-order valence-electron chi connectivity index (χ3n) is 3.21. The maximum absolute atomic E-state index is 11.8. The zero-order valence-electron chi connectivity index (χ0n) is 10.5. The average molecular weight is 231 g/mol. The van der Waals surface area contributed by atoms with Crippen molar-refractivity contribution < 1.29 is 9.59 Å². The van der Waals surface area contributed by atoms with Gasteiger partial charge in [0, 0.05) is 13.0 Å². The highest BCUT2D eigenvalue weighted by Gasteiger charge is 2.32. The Morgan fingerprint density at radius 3 is 2.47 bits per heavy atom. The van der Waals surface area contributed by atoms with E-state index >= 15 is 0 Å². The number of anilines is 1. The largest absolute Gasteiger partial charge is 0.305 e. The van der Waals surface area contributed by atoms with Gasteiger partial charge in [-0.2, -0.15) is 0 Å². The first kappa shape index (κ1) is 11.8. The van der Waals surface area contributed by atoms with E-state index < -0.39 is 0 Å². The molecule has 2 rings (SSSR count). The second kappa shape index (κ2) is 4.32. The first-order valence-electron chi connectivity index (χ1n) is 5.96. The molecular weight excluding hydrogens is 214 g/mol. The molecule has 0 spiro atoms. The molecule has 1 aliphatic heterocycles. The molecule has 3 heteroatoms. The van der Waals surface area contributed by atoms with Crippen molar-refractivity contribution >= 4 is 17.4 Å². The van der Waals surface area contributed by atoms with E-state index in [1.165, 1.54) is 0 Å². The highest BCUT2D eigenvalue weighted by Crippen LogP contribution is 2.32. The number of ketones is 1. The molecule has 0 N–H and O–H groups in total. The molecule has 1 heterocycles. The predicted molar refractivity (Wildman–Crippen MR) is 67.2 cm³/mol. The number of Topliss-reactive ketones (excluding diaryl/α,β-unsaturated/α-hetero) is 1. The highest BCUT2D eigenvalue weighted by atomic mass is 16.2. The van der Waals surface area contributed by atoms with Crippen molar-refractivity contribution in [1.29, 1.82) is 0 Å². The highest BCUT2D eigenvalue weighted by molar-refractivity contribution is 6.43. The molecule has 90 valence electrons. The van der Waals surface area contributed by atoms with Gasteiger partial charge in [0.05, 0.1) is 5.69 Å². The van der Waals surface area contributed by atoms with Crippen LogP contribution in [0.4, 0.5) is 5.69 Å². The maximum Gasteiger partial charge on any atom is 0.294 e. The minimum Gasteiger partial charge on any atom is -0.305 e. The molecule has 0 unspecified atom stereocenters. The van der Waals surface area contributed by atoms with Crippen LogP contribution in [-0.2, 0) is 9.59 Å². The summed E-state index contributed by atoms with van der Waals surface area (Å²) in [5, 5.41) is 0. The average Bonchev–Trinajstić information content (AvgIpc) is 2.60. The van der Waals surface area contributed by atoms with Gasteiger partial charge in [0.1, 0.15) is 0 Å². The zero-order chi connectivity index (χ0) is 12.6. The van der Waals surface area contributed by atoms with E-state index in [-0.39, 0.29) is 11.7 Å². The maximum atomic E-state index is 11.8. The normalized spacial score (nSPS) is 16.1. The van der Waals surface area contributed by atoms with Crippen molar-refractivity contribution in [1.82, 2.24) is 0 Å². The summed E-state index contributed by atoms with van der Waals surface area (Å²) in [5.41, 5.74) is 3.12. The number of aryl methyl sites for hydroxylation is 1. The first-order valence-corrected chi connectivity index (χ1v) is 5.96. The molecule has 1 aliphatic rings. The summed E-state index contributed by atoms with van der Waals surface area (Å²) < 4.78 is 0. The first-order chi connectivity index (χ1) is 8.02. The summed E-state index contributed by atoms with van der Waals surface area (Å²) in [7, 11) is 0. The summed E-state index contributed by atoms with van der Waals surface area (Å²) in [6, 6.07) is 6.01. The van der Waals surface area contributed by atoms with Crippen LogP contribution in [0, 0.1) is 6.92 Å². The van der Waals surface area contributed by atoms with E-state index in [0.29, 0.717) is 18.9 Å². The lowest BCUT2D eigenvalue weighted by atomic mass is 9.97. The van der Waals surface area contributed by atoms with Crippen molar-refractivity contribution in [2.75, 3.05) is 11.4 Å². The van der Waals surface area contributed by atoms with Gasteiger partial charge in [-0.15, -0.1) is 0 Å². The number of hydrogen-bond donors (Lipinski definition) is 0. The third-order valence-corrected chi connectivity index (χ3v) is 3.21. The van der Waals surface area contributed by atoms with Gasteiger partial charge in [-0.3, -0.25) is 9.59 Å². The Kier molecular flexibility index (Phi) is 3.01. The third kappa shape index (κ3) is 1.97. The van der Waals surface area contributed by atoms with Crippen molar-refractivity contribution in [3.05, 3.63) is 29.3 Å². The molecule has 0 aliphatic carbocycles. The quantitative estimate of drug-likeness (QED) is 0.733. The van der Waals surface area contributed by atoms with Crippen LogP contribution in [-0.4, -0.2) is 18.2 Å². The van der Waals surface area contributed by atoms with Crippen molar-refractivity contribution in [3.63, 3.8) is 0 Å². The Bertz CT molecular complexity index is 477. The Morgan fingerprint density at radius 1 is 1.24 bits per heavy atom. The summed E-state index contributed by atoms with van der Waals surface area (Å²) >= 11 is 0. The number of amides is 1. The van der Waals surface area contributed by atoms with Crippen LogP contribution in [0.1, 0.15) is 37.3 Å². The van der Waals surface area contributed by atoms with Crippen molar-refractivity contribution in [2.24, 2.45) is 0 Å². The van der Waals surface area contributed by atoms with Crippen molar-refractivity contribution in [3.8, 4) is 0 Å². The van der Waals surface area contributed by atoms with Crippen LogP contribution in [0.5, 0.6) is 0 Å². The fourth-order valence-electron chi connectivity index (χ4n) is 2.30. The Balaban J connectivity index is 2.51. The van der Waals surface area contributed by atoms with Gasteiger partial charge in [-0.25, -0.2) is 0 Å². The number of nitrogens with zero attached hydrogens (tertiary/aromatic N) is 1. The summed E-state index contributed by atoms with van der Waals surface area (Å²) in [6.45, 7) is 6.70. The lowest BCUT2D eigenvalue weighted by Crippen LogP contribution is -2.28. The minimum absolute atomic E-state index is 0.275. The van der Waals surface area contributed by atoms with E-state index in [4.69, 9.17) is 0 Å². The Labute approximate surface area is 101 Å². The topological polar surface area (TPSA) is 37.4 Å². The number of rotatable bonds is 2. The molecule has 3 nitrogen and oxygen atoms in total. The number of benzene rings is 1. The van der Waals surface area contributed by atoms with E-state index in [1.807, 2.05) is 25.1 Å². The van der Waals surface area contributed by atoms with Crippen LogP contribution in [0.15, 0.2) is 18.2 Å². The summed E-state index contributed by atoms with van der Waals surface area (Å²) in [6.07, 6.45) is 0.338. The molecular formula is C14H17NO2. The summed E-state index contributed by atoms with van der Waals surface area (Å²) in [5.74, 6) is -0.294. The van der Waals surface area contributed by atoms with Gasteiger partial charge in [-0.1, -0.05) is 32.0 Å². The van der Waals surface area contributed by atoms with Gasteiger partial charge in [0.2, 0.25) is 5.78 Å². The van der Waals surface area contributed by atoms with E-state index in [2.05, 4.69) is 13.8 Å². The molecule has 0 atom stereocenters. The summed E-state index contributed by atoms with van der Waals surface area (Å²) in [4.78, 5) is 24.8. The molecule has 0 radical (unpaired) electrons. The molecule has 17 heavy (non-hydrogen) atoms. The van der Waals surface area contributed by atoms with Gasteiger partial charge in [-0.05, 0) is 24.0 Å². The van der Waals surface area contributed by atoms with Crippen LogP contribution in [0.25, 0.3) is 0 Å². The molecule has 1 aromatic rings. The second-order valence-electron chi connectivity index (χ2n) is 4.80. The lowest BCUT2D eigenvalue weighted by molar-refractivity contribution is -0.133. The van der Waals surface area contributed by atoms with E-state index in [0.717, 1.165) is 16.8 Å². The van der Waals surface area contributed by atoms with Gasteiger partial charge >= 0.3 is 0 Å². The van der Waals surface area contributed by atoms with Crippen LogP contribution >= 0.6 is 0 Å². The smallest absolute Gasteiger partial charge is 0.294 e. The molecule has 0 bridgehead atoms. The predicted octanol–water partition coefficient (Wildman–Crippen LogP) is 2.42. The minimum atomic E-state index is -0.360. The zero-order valence-corrected chi connectivity index (χ0v) is 10.5. The number of carbonyl (C=O) groups is 2. The monoisotopic (exact) mass is 231 g/mol. The second-order valence-corrected chi connectivity index (χ2v) is 4.80. The number of para-hydroxylation sites is 1. The van der Waals surface area contributed by atoms with Crippen LogP contribution in [0.2, 0.25) is 0 Å². The van der Waals surface area contributed by atoms with Crippen molar-refractivity contribution in [2.45, 2.75) is 33.1 Å². The van der Waals surface area contributed by atoms with Gasteiger partial charge in [0.15, 0.2) is 0 Å². The standard InChI is InChI=1S/C14H17NO2/c1-9(2)11-6-4-5-10(3)13(11)15-8-7-12(16)14(15)17/h4-6,9H,7-8H2,1-3H3. The molecule has 0 aromatic heterocycles.